The number of nitrogens with zero attached hydrogens (tertiary/aromatic N) is 1. The van der Waals surface area contributed by atoms with Gasteiger partial charge in [-0.05, 0) is 38.8 Å². The Morgan fingerprint density at radius 1 is 1.42 bits per heavy atom. The third-order valence-electron chi connectivity index (χ3n) is 2.59. The predicted molar refractivity (Wildman–Crippen MR) is 47.6 cm³/mol. The average molecular weight is 172 g/mol. The minimum atomic E-state index is -0.415. The molecule has 2 N–H and O–H groups in total. The first-order valence-corrected chi connectivity index (χ1v) is 4.58. The van der Waals surface area contributed by atoms with Gasteiger partial charge in [0, 0.05) is 6.54 Å². The zero-order valence-electron chi connectivity index (χ0n) is 7.45. The highest BCUT2D eigenvalue weighted by Gasteiger charge is 2.21. The lowest BCUT2D eigenvalue weighted by Crippen LogP contribution is -2.38. The zero-order valence-corrected chi connectivity index (χ0v) is 7.45. The number of β-amino-alcohol motifs (C(OH)–C–C–N with tert-alkyl or cyclic N) is 1. The van der Waals surface area contributed by atoms with Crippen molar-refractivity contribution in [2.75, 3.05) is 26.2 Å². The van der Waals surface area contributed by atoms with Gasteiger partial charge >= 0.3 is 0 Å². The average Bonchev–Trinajstić information content (AvgIpc) is 2.06. The molecule has 1 saturated heterocycles. The summed E-state index contributed by atoms with van der Waals surface area (Å²) in [5.41, 5.74) is 0. The summed E-state index contributed by atoms with van der Waals surface area (Å²) in [5, 5.41) is 17.9. The van der Waals surface area contributed by atoms with Crippen LogP contribution in [0.3, 0.4) is 0 Å². The van der Waals surface area contributed by atoms with Crippen LogP contribution in [-0.4, -0.2) is 47.5 Å². The molecule has 0 aromatic heterocycles. The summed E-state index contributed by atoms with van der Waals surface area (Å²) in [7, 11) is 0. The molecule has 1 aliphatic rings. The van der Waals surface area contributed by atoms with E-state index < -0.39 is 6.10 Å². The molecule has 1 radical (unpaired) electrons. The molecule has 0 bridgehead atoms. The standard InChI is InChI=1S/C9H18NO2/c1-8(12)9-2-4-10(5-3-9)6-7-11/h8-9,11-12H,1-7H2. The van der Waals surface area contributed by atoms with Crippen LogP contribution in [0.5, 0.6) is 0 Å². The molecule has 3 nitrogen and oxygen atoms in total. The first-order chi connectivity index (χ1) is 5.74. The molecule has 0 aromatic carbocycles. The molecule has 1 unspecified atom stereocenters. The highest BCUT2D eigenvalue weighted by molar-refractivity contribution is 4.78. The van der Waals surface area contributed by atoms with Crippen LogP contribution in [0, 0.1) is 12.8 Å². The molecule has 1 heterocycles. The normalized spacial score (nSPS) is 24.2. The lowest BCUT2D eigenvalue weighted by atomic mass is 9.92. The first kappa shape index (κ1) is 9.96. The zero-order chi connectivity index (χ0) is 8.97. The van der Waals surface area contributed by atoms with Crippen LogP contribution >= 0.6 is 0 Å². The Hall–Kier alpha value is -0.120. The second-order valence-electron chi connectivity index (χ2n) is 3.47. The molecule has 3 heteroatoms. The molecule has 1 rings (SSSR count). The van der Waals surface area contributed by atoms with Gasteiger partial charge in [-0.3, -0.25) is 0 Å². The summed E-state index contributed by atoms with van der Waals surface area (Å²) in [4.78, 5) is 2.22. The Morgan fingerprint density at radius 3 is 2.42 bits per heavy atom. The molecular formula is C9H18NO2. The van der Waals surface area contributed by atoms with E-state index in [1.165, 1.54) is 0 Å². The van der Waals surface area contributed by atoms with Crippen molar-refractivity contribution in [2.24, 2.45) is 5.92 Å². The number of rotatable bonds is 3. The Bertz CT molecular complexity index is 120. The number of piperidine rings is 1. The summed E-state index contributed by atoms with van der Waals surface area (Å²) < 4.78 is 0. The molecular weight excluding hydrogens is 154 g/mol. The lowest BCUT2D eigenvalue weighted by molar-refractivity contribution is 0.0798. The van der Waals surface area contributed by atoms with E-state index in [0.717, 1.165) is 32.5 Å². The van der Waals surface area contributed by atoms with Crippen LogP contribution in [0.1, 0.15) is 12.8 Å². The second kappa shape index (κ2) is 4.80. The summed E-state index contributed by atoms with van der Waals surface area (Å²) in [6.07, 6.45) is 1.59. The summed E-state index contributed by atoms with van der Waals surface area (Å²) in [5.74, 6) is 0.361. The van der Waals surface area contributed by atoms with Gasteiger partial charge < -0.3 is 15.1 Å². The van der Waals surface area contributed by atoms with E-state index in [9.17, 15) is 5.11 Å². The fourth-order valence-corrected chi connectivity index (χ4v) is 1.70. The van der Waals surface area contributed by atoms with Crippen molar-refractivity contribution < 1.29 is 10.2 Å². The van der Waals surface area contributed by atoms with Gasteiger partial charge in [-0.25, -0.2) is 0 Å². The Morgan fingerprint density at radius 2 is 2.00 bits per heavy atom. The Labute approximate surface area is 74.0 Å². The van der Waals surface area contributed by atoms with Crippen molar-refractivity contribution in [1.29, 1.82) is 0 Å². The van der Waals surface area contributed by atoms with Gasteiger partial charge in [0.25, 0.3) is 0 Å². The van der Waals surface area contributed by atoms with Gasteiger partial charge in [-0.15, -0.1) is 0 Å². The van der Waals surface area contributed by atoms with Gasteiger partial charge in [0.2, 0.25) is 0 Å². The summed E-state index contributed by atoms with van der Waals surface area (Å²) in [6.45, 7) is 6.59. The van der Waals surface area contributed by atoms with Crippen LogP contribution < -0.4 is 0 Å². The molecule has 0 amide bonds. The van der Waals surface area contributed by atoms with Crippen LogP contribution in [0.2, 0.25) is 0 Å². The number of hydrogen-bond donors (Lipinski definition) is 2. The van der Waals surface area contributed by atoms with Crippen LogP contribution in [0.15, 0.2) is 0 Å². The van der Waals surface area contributed by atoms with E-state index in [-0.39, 0.29) is 6.61 Å². The van der Waals surface area contributed by atoms with Gasteiger partial charge in [-0.1, -0.05) is 0 Å². The van der Waals surface area contributed by atoms with Crippen LogP contribution in [0.4, 0.5) is 0 Å². The molecule has 0 saturated carbocycles. The van der Waals surface area contributed by atoms with Crippen molar-refractivity contribution in [3.8, 4) is 0 Å². The molecule has 12 heavy (non-hydrogen) atoms. The predicted octanol–water partition coefficient (Wildman–Crippen LogP) is -0.114. The molecule has 0 spiro atoms. The van der Waals surface area contributed by atoms with Gasteiger partial charge in [0.15, 0.2) is 0 Å². The highest BCUT2D eigenvalue weighted by Crippen LogP contribution is 2.19. The van der Waals surface area contributed by atoms with E-state index in [2.05, 4.69) is 11.8 Å². The molecule has 1 fully saturated rings. The van der Waals surface area contributed by atoms with Crippen molar-refractivity contribution in [3.63, 3.8) is 0 Å². The minimum Gasteiger partial charge on any atom is -0.395 e. The largest absolute Gasteiger partial charge is 0.395 e. The van der Waals surface area contributed by atoms with Crippen molar-refractivity contribution in [2.45, 2.75) is 18.9 Å². The lowest BCUT2D eigenvalue weighted by Gasteiger charge is -2.32. The van der Waals surface area contributed by atoms with Gasteiger partial charge in [0.1, 0.15) is 0 Å². The maximum Gasteiger partial charge on any atom is 0.0570 e. The molecule has 1 atom stereocenters. The smallest absolute Gasteiger partial charge is 0.0570 e. The third kappa shape index (κ3) is 2.73. The van der Waals surface area contributed by atoms with E-state index >= 15 is 0 Å². The van der Waals surface area contributed by atoms with Crippen LogP contribution in [-0.2, 0) is 0 Å². The Balaban J connectivity index is 2.20. The van der Waals surface area contributed by atoms with Crippen molar-refractivity contribution in [1.82, 2.24) is 4.90 Å². The van der Waals surface area contributed by atoms with E-state index in [1.54, 1.807) is 0 Å². The summed E-state index contributed by atoms with van der Waals surface area (Å²) >= 11 is 0. The second-order valence-corrected chi connectivity index (χ2v) is 3.47. The van der Waals surface area contributed by atoms with Crippen molar-refractivity contribution in [3.05, 3.63) is 6.92 Å². The molecule has 0 aromatic rings. The number of aliphatic hydroxyl groups is 2. The summed E-state index contributed by atoms with van der Waals surface area (Å²) in [6, 6.07) is 0. The maximum atomic E-state index is 9.21. The van der Waals surface area contributed by atoms with Gasteiger partial charge in [0.05, 0.1) is 12.7 Å². The van der Waals surface area contributed by atoms with E-state index in [4.69, 9.17) is 5.11 Å². The number of aliphatic hydroxyl groups excluding tert-OH is 2. The first-order valence-electron chi connectivity index (χ1n) is 4.58. The third-order valence-corrected chi connectivity index (χ3v) is 2.59. The minimum absolute atomic E-state index is 0.234. The highest BCUT2D eigenvalue weighted by atomic mass is 16.3. The number of likely N-dealkylation sites (tertiary alicyclic amines) is 1. The number of hydrogen-bond acceptors (Lipinski definition) is 3. The maximum absolute atomic E-state index is 9.21. The van der Waals surface area contributed by atoms with Crippen LogP contribution in [0.25, 0.3) is 0 Å². The molecule has 71 valence electrons. The SMILES string of the molecule is [CH2]C(O)C1CCN(CCO)CC1. The molecule has 1 aliphatic heterocycles. The van der Waals surface area contributed by atoms with E-state index in [0.29, 0.717) is 5.92 Å². The van der Waals surface area contributed by atoms with Crippen molar-refractivity contribution >= 4 is 0 Å². The van der Waals surface area contributed by atoms with Gasteiger partial charge in [-0.2, -0.15) is 0 Å². The monoisotopic (exact) mass is 172 g/mol. The topological polar surface area (TPSA) is 43.7 Å². The fraction of sp³-hybridized carbons (Fsp3) is 0.889. The quantitative estimate of drug-likeness (QED) is 0.624. The fourth-order valence-electron chi connectivity index (χ4n) is 1.70. The molecule has 0 aliphatic carbocycles. The Kier molecular flexibility index (Phi) is 3.98. The van der Waals surface area contributed by atoms with E-state index in [1.807, 2.05) is 0 Å².